The number of nitrogens with two attached hydrogens (primary N) is 1. The zero-order valence-electron chi connectivity index (χ0n) is 11.4. The van der Waals surface area contributed by atoms with Crippen molar-refractivity contribution in [3.05, 3.63) is 29.3 Å². The SMILES string of the molecule is CC(CC1CC1)NC(=O)c1cc(S(N)(=O)=O)c(F)cc1F. The van der Waals surface area contributed by atoms with E-state index in [1.807, 2.05) is 0 Å². The van der Waals surface area contributed by atoms with Gasteiger partial charge in [0.15, 0.2) is 0 Å². The summed E-state index contributed by atoms with van der Waals surface area (Å²) >= 11 is 0. The Kier molecular flexibility index (Phi) is 4.29. The number of rotatable bonds is 5. The van der Waals surface area contributed by atoms with Crippen LogP contribution in [0.25, 0.3) is 0 Å². The van der Waals surface area contributed by atoms with Crippen molar-refractivity contribution in [1.29, 1.82) is 0 Å². The van der Waals surface area contributed by atoms with Gasteiger partial charge in [0.05, 0.1) is 5.56 Å². The molecule has 1 aliphatic rings. The van der Waals surface area contributed by atoms with Crippen molar-refractivity contribution < 1.29 is 22.0 Å². The largest absolute Gasteiger partial charge is 0.349 e. The number of nitrogens with one attached hydrogen (secondary N) is 1. The lowest BCUT2D eigenvalue weighted by molar-refractivity contribution is 0.0933. The predicted octanol–water partition coefficient (Wildman–Crippen LogP) is 1.53. The molecule has 0 bridgehead atoms. The Morgan fingerprint density at radius 1 is 1.38 bits per heavy atom. The average molecular weight is 318 g/mol. The highest BCUT2D eigenvalue weighted by molar-refractivity contribution is 7.89. The quantitative estimate of drug-likeness (QED) is 0.863. The monoisotopic (exact) mass is 318 g/mol. The Labute approximate surface area is 121 Å². The molecule has 1 atom stereocenters. The van der Waals surface area contributed by atoms with Gasteiger partial charge in [0, 0.05) is 12.1 Å². The zero-order chi connectivity index (χ0) is 15.8. The van der Waals surface area contributed by atoms with E-state index in [1.165, 1.54) is 0 Å². The van der Waals surface area contributed by atoms with Crippen LogP contribution in [0, 0.1) is 17.6 Å². The molecule has 1 saturated carbocycles. The van der Waals surface area contributed by atoms with Crippen molar-refractivity contribution in [2.45, 2.75) is 37.1 Å². The lowest BCUT2D eigenvalue weighted by Crippen LogP contribution is -2.33. The Bertz CT molecular complexity index is 672. The molecular weight excluding hydrogens is 302 g/mol. The Morgan fingerprint density at radius 3 is 2.52 bits per heavy atom. The summed E-state index contributed by atoms with van der Waals surface area (Å²) in [5.74, 6) is -2.67. The molecule has 116 valence electrons. The maximum atomic E-state index is 13.7. The fraction of sp³-hybridized carbons (Fsp3) is 0.462. The summed E-state index contributed by atoms with van der Waals surface area (Å²) in [6.45, 7) is 1.78. The summed E-state index contributed by atoms with van der Waals surface area (Å²) < 4.78 is 49.5. The van der Waals surface area contributed by atoms with Gasteiger partial charge in [-0.05, 0) is 25.3 Å². The number of amides is 1. The van der Waals surface area contributed by atoms with E-state index in [0.717, 1.165) is 19.3 Å². The smallest absolute Gasteiger partial charge is 0.254 e. The molecule has 0 radical (unpaired) electrons. The van der Waals surface area contributed by atoms with Gasteiger partial charge in [-0.2, -0.15) is 0 Å². The standard InChI is InChI=1S/C13H16F2N2O3S/c1-7(4-8-2-3-8)17-13(18)9-5-12(21(16,19)20)11(15)6-10(9)14/h5-8H,2-4H2,1H3,(H,17,18)(H2,16,19,20). The van der Waals surface area contributed by atoms with E-state index in [9.17, 15) is 22.0 Å². The van der Waals surface area contributed by atoms with Gasteiger partial charge in [0.2, 0.25) is 10.0 Å². The maximum Gasteiger partial charge on any atom is 0.254 e. The van der Waals surface area contributed by atoms with Crippen molar-refractivity contribution in [3.63, 3.8) is 0 Å². The van der Waals surface area contributed by atoms with Gasteiger partial charge in [0.1, 0.15) is 16.5 Å². The van der Waals surface area contributed by atoms with Gasteiger partial charge in [-0.3, -0.25) is 4.79 Å². The fourth-order valence-corrected chi connectivity index (χ4v) is 2.75. The Hall–Kier alpha value is -1.54. The van der Waals surface area contributed by atoms with Crippen LogP contribution in [-0.4, -0.2) is 20.4 Å². The summed E-state index contributed by atoms with van der Waals surface area (Å²) in [5, 5.41) is 7.40. The molecule has 1 unspecified atom stereocenters. The Balaban J connectivity index is 2.23. The third kappa shape index (κ3) is 3.98. The topological polar surface area (TPSA) is 89.3 Å². The molecule has 0 saturated heterocycles. The van der Waals surface area contributed by atoms with Crippen LogP contribution in [0.4, 0.5) is 8.78 Å². The van der Waals surface area contributed by atoms with E-state index in [4.69, 9.17) is 5.14 Å². The molecule has 2 rings (SSSR count). The molecule has 0 spiro atoms. The molecule has 1 amide bonds. The van der Waals surface area contributed by atoms with Crippen molar-refractivity contribution in [3.8, 4) is 0 Å². The number of primary sulfonamides is 1. The van der Waals surface area contributed by atoms with E-state index in [2.05, 4.69) is 5.32 Å². The molecule has 1 fully saturated rings. The third-order valence-corrected chi connectivity index (χ3v) is 4.26. The molecule has 5 nitrogen and oxygen atoms in total. The van der Waals surface area contributed by atoms with Crippen LogP contribution < -0.4 is 10.5 Å². The lowest BCUT2D eigenvalue weighted by Gasteiger charge is -2.14. The second-order valence-electron chi connectivity index (χ2n) is 5.36. The molecular formula is C13H16F2N2O3S. The molecule has 3 N–H and O–H groups in total. The summed E-state index contributed by atoms with van der Waals surface area (Å²) in [7, 11) is -4.37. The predicted molar refractivity (Wildman–Crippen MR) is 72.0 cm³/mol. The molecule has 0 aromatic heterocycles. The first kappa shape index (κ1) is 15.8. The highest BCUT2D eigenvalue weighted by atomic mass is 32.2. The van der Waals surface area contributed by atoms with Gasteiger partial charge in [-0.25, -0.2) is 22.3 Å². The summed E-state index contributed by atoms with van der Waals surface area (Å²) in [5.41, 5.74) is -0.539. The molecule has 0 aliphatic heterocycles. The number of hydrogen-bond acceptors (Lipinski definition) is 3. The fourth-order valence-electron chi connectivity index (χ4n) is 2.14. The van der Waals surface area contributed by atoms with E-state index in [1.54, 1.807) is 6.92 Å². The average Bonchev–Trinajstić information content (AvgIpc) is 3.10. The van der Waals surface area contributed by atoms with Gasteiger partial charge < -0.3 is 5.32 Å². The van der Waals surface area contributed by atoms with Crippen molar-refractivity contribution in [2.75, 3.05) is 0 Å². The molecule has 21 heavy (non-hydrogen) atoms. The van der Waals surface area contributed by atoms with E-state index < -0.39 is 38.0 Å². The minimum atomic E-state index is -4.37. The molecule has 1 aromatic carbocycles. The maximum absolute atomic E-state index is 13.7. The van der Waals surface area contributed by atoms with E-state index in [0.29, 0.717) is 18.1 Å². The van der Waals surface area contributed by atoms with Crippen LogP contribution >= 0.6 is 0 Å². The van der Waals surface area contributed by atoms with Crippen LogP contribution in [0.3, 0.4) is 0 Å². The van der Waals surface area contributed by atoms with Gasteiger partial charge in [0.25, 0.3) is 5.91 Å². The van der Waals surface area contributed by atoms with Gasteiger partial charge in [-0.1, -0.05) is 12.8 Å². The highest BCUT2D eigenvalue weighted by Gasteiger charge is 2.26. The van der Waals surface area contributed by atoms with Crippen LogP contribution in [0.1, 0.15) is 36.5 Å². The number of carbonyl (C=O) groups is 1. The number of benzene rings is 1. The summed E-state index contributed by atoms with van der Waals surface area (Å²) in [4.78, 5) is 11.1. The van der Waals surface area contributed by atoms with Gasteiger partial charge >= 0.3 is 0 Å². The van der Waals surface area contributed by atoms with Crippen LogP contribution in [0.5, 0.6) is 0 Å². The summed E-state index contributed by atoms with van der Waals surface area (Å²) in [6.07, 6.45) is 3.00. The van der Waals surface area contributed by atoms with Crippen molar-refractivity contribution in [2.24, 2.45) is 11.1 Å². The van der Waals surface area contributed by atoms with E-state index >= 15 is 0 Å². The van der Waals surface area contributed by atoms with E-state index in [-0.39, 0.29) is 6.04 Å². The number of sulfonamides is 1. The minimum Gasteiger partial charge on any atom is -0.349 e. The highest BCUT2D eigenvalue weighted by Crippen LogP contribution is 2.33. The van der Waals surface area contributed by atoms with Crippen LogP contribution in [0.15, 0.2) is 17.0 Å². The second kappa shape index (κ2) is 5.69. The van der Waals surface area contributed by atoms with Gasteiger partial charge in [-0.15, -0.1) is 0 Å². The minimum absolute atomic E-state index is 0.174. The molecule has 0 heterocycles. The first-order valence-corrected chi connectivity index (χ1v) is 8.06. The molecule has 1 aliphatic carbocycles. The lowest BCUT2D eigenvalue weighted by atomic mass is 10.1. The van der Waals surface area contributed by atoms with Crippen LogP contribution in [-0.2, 0) is 10.0 Å². The normalized spacial score (nSPS) is 16.6. The second-order valence-corrected chi connectivity index (χ2v) is 6.89. The zero-order valence-corrected chi connectivity index (χ0v) is 12.2. The number of halogens is 2. The molecule has 8 heteroatoms. The molecule has 1 aromatic rings. The number of carbonyl (C=O) groups excluding carboxylic acids is 1. The van der Waals surface area contributed by atoms with Crippen molar-refractivity contribution in [1.82, 2.24) is 5.32 Å². The van der Waals surface area contributed by atoms with Crippen molar-refractivity contribution >= 4 is 15.9 Å². The number of hydrogen-bond donors (Lipinski definition) is 2. The Morgan fingerprint density at radius 2 is 2.00 bits per heavy atom. The summed E-state index contributed by atoms with van der Waals surface area (Å²) in [6, 6.07) is 0.798. The van der Waals surface area contributed by atoms with Crippen LogP contribution in [0.2, 0.25) is 0 Å². The third-order valence-electron chi connectivity index (χ3n) is 3.33. The first-order chi connectivity index (χ1) is 9.68. The first-order valence-electron chi connectivity index (χ1n) is 6.51.